The zero-order valence-corrected chi connectivity index (χ0v) is 12.6. The fourth-order valence-electron chi connectivity index (χ4n) is 2.09. The van der Waals surface area contributed by atoms with Gasteiger partial charge in [0.1, 0.15) is 5.82 Å². The average Bonchev–Trinajstić information content (AvgIpc) is 2.50. The average molecular weight is 294 g/mol. The van der Waals surface area contributed by atoms with E-state index in [1.165, 1.54) is 0 Å². The minimum absolute atomic E-state index is 0.0864. The van der Waals surface area contributed by atoms with Crippen LogP contribution in [0.2, 0.25) is 0 Å². The maximum atomic E-state index is 11.4. The summed E-state index contributed by atoms with van der Waals surface area (Å²) in [5.74, 6) is 6.13. The lowest BCUT2D eigenvalue weighted by atomic mass is 10.1. The number of hydrazine groups is 2. The van der Waals surface area contributed by atoms with E-state index in [0.717, 1.165) is 25.8 Å². The second-order valence-corrected chi connectivity index (χ2v) is 4.74. The molecule has 1 atom stereocenters. The Kier molecular flexibility index (Phi) is 8.15. The highest BCUT2D eigenvalue weighted by Crippen LogP contribution is 2.10. The van der Waals surface area contributed by atoms with Crippen LogP contribution in [0.4, 0.5) is 0 Å². The number of hydrogen-bond donors (Lipinski definition) is 4. The van der Waals surface area contributed by atoms with Crippen molar-refractivity contribution in [3.05, 3.63) is 24.7 Å². The number of piperidine rings is 1. The van der Waals surface area contributed by atoms with Crippen molar-refractivity contribution in [2.75, 3.05) is 13.1 Å². The minimum atomic E-state index is 0.0864. The minimum Gasteiger partial charge on any atom is -0.356 e. The van der Waals surface area contributed by atoms with E-state index in [-0.39, 0.29) is 11.9 Å². The number of carbonyl (C=O) groups excluding carboxylic acids is 1. The molecule has 1 heterocycles. The van der Waals surface area contributed by atoms with Crippen LogP contribution in [0.25, 0.3) is 0 Å². The molecule has 0 aromatic carbocycles. The van der Waals surface area contributed by atoms with Gasteiger partial charge in [-0.3, -0.25) is 4.79 Å². The van der Waals surface area contributed by atoms with Gasteiger partial charge in [-0.25, -0.2) is 16.3 Å². The van der Waals surface area contributed by atoms with E-state index in [2.05, 4.69) is 27.7 Å². The van der Waals surface area contributed by atoms with Crippen LogP contribution in [0, 0.1) is 0 Å². The number of nitrogens with two attached hydrogens (primary N) is 1. The first-order valence-electron chi connectivity index (χ1n) is 7.31. The highest BCUT2D eigenvalue weighted by atomic mass is 16.1. The number of nitrogens with zero attached hydrogens (tertiary/aromatic N) is 2. The lowest BCUT2D eigenvalue weighted by Gasteiger charge is -2.33. The topological polar surface area (TPSA) is 94.8 Å². The van der Waals surface area contributed by atoms with Gasteiger partial charge in [0.15, 0.2) is 0 Å². The molecule has 1 unspecified atom stereocenters. The van der Waals surface area contributed by atoms with E-state index in [1.807, 2.05) is 18.0 Å². The molecule has 7 heteroatoms. The van der Waals surface area contributed by atoms with Crippen LogP contribution < -0.4 is 22.0 Å². The summed E-state index contributed by atoms with van der Waals surface area (Å²) in [4.78, 5) is 15.6. The predicted molar refractivity (Wildman–Crippen MR) is 84.9 cm³/mol. The highest BCUT2D eigenvalue weighted by molar-refractivity contribution is 5.77. The second-order valence-electron chi connectivity index (χ2n) is 4.74. The van der Waals surface area contributed by atoms with E-state index in [9.17, 15) is 4.79 Å². The van der Waals surface area contributed by atoms with Gasteiger partial charge in [-0.2, -0.15) is 0 Å². The Labute approximate surface area is 126 Å². The van der Waals surface area contributed by atoms with E-state index >= 15 is 0 Å². The SMILES string of the molecule is C=CN(NCC/C=C(/N=C\CC)NN)C1CCNC(=O)C1. The van der Waals surface area contributed by atoms with E-state index in [1.54, 1.807) is 12.4 Å². The molecule has 21 heavy (non-hydrogen) atoms. The van der Waals surface area contributed by atoms with Crippen molar-refractivity contribution in [3.63, 3.8) is 0 Å². The standard InChI is InChI=1S/C14H26N6O/c1-3-8-16-13(19-15)6-5-9-18-20(4-2)12-7-10-17-14(21)11-12/h4,6,8,12,18-19H,2-3,5,7,9-11,15H2,1H3,(H,17,21)/b13-6-,16-8-. The Balaban J connectivity index is 2.37. The third kappa shape index (κ3) is 6.42. The predicted octanol–water partition coefficient (Wildman–Crippen LogP) is 0.391. The Bertz CT molecular complexity index is 393. The molecule has 1 rings (SSSR count). The molecule has 0 bridgehead atoms. The van der Waals surface area contributed by atoms with Crippen LogP contribution in [-0.2, 0) is 4.79 Å². The molecule has 5 N–H and O–H groups in total. The van der Waals surface area contributed by atoms with Gasteiger partial charge < -0.3 is 15.8 Å². The van der Waals surface area contributed by atoms with Crippen molar-refractivity contribution in [1.82, 2.24) is 21.2 Å². The second kappa shape index (κ2) is 9.95. The third-order valence-corrected chi connectivity index (χ3v) is 3.15. The summed E-state index contributed by atoms with van der Waals surface area (Å²) in [5.41, 5.74) is 5.82. The Morgan fingerprint density at radius 2 is 2.48 bits per heavy atom. The highest BCUT2D eigenvalue weighted by Gasteiger charge is 2.22. The number of aliphatic imine (C=N–C) groups is 1. The molecule has 1 aliphatic rings. The summed E-state index contributed by atoms with van der Waals surface area (Å²) in [7, 11) is 0. The third-order valence-electron chi connectivity index (χ3n) is 3.15. The van der Waals surface area contributed by atoms with Gasteiger partial charge in [0.05, 0.1) is 6.04 Å². The number of rotatable bonds is 9. The van der Waals surface area contributed by atoms with Gasteiger partial charge in [-0.15, -0.1) is 0 Å². The molecule has 0 aliphatic carbocycles. The Hall–Kier alpha value is -1.86. The zero-order chi connectivity index (χ0) is 15.5. The van der Waals surface area contributed by atoms with Crippen LogP contribution in [0.1, 0.15) is 32.6 Å². The van der Waals surface area contributed by atoms with Gasteiger partial charge in [0.25, 0.3) is 0 Å². The van der Waals surface area contributed by atoms with Crippen LogP contribution in [0.5, 0.6) is 0 Å². The van der Waals surface area contributed by atoms with Gasteiger partial charge in [-0.05, 0) is 25.3 Å². The van der Waals surface area contributed by atoms with Crippen LogP contribution in [-0.4, -0.2) is 36.3 Å². The van der Waals surface area contributed by atoms with Gasteiger partial charge in [0, 0.05) is 31.9 Å². The largest absolute Gasteiger partial charge is 0.356 e. The molecule has 0 aromatic rings. The molecule has 0 radical (unpaired) electrons. The molecule has 1 aliphatic heterocycles. The quantitative estimate of drug-likeness (QED) is 0.214. The van der Waals surface area contributed by atoms with E-state index in [4.69, 9.17) is 5.84 Å². The van der Waals surface area contributed by atoms with Crippen LogP contribution >= 0.6 is 0 Å². The molecule has 0 saturated carbocycles. The molecule has 0 spiro atoms. The maximum Gasteiger partial charge on any atom is 0.222 e. The molecular weight excluding hydrogens is 268 g/mol. The van der Waals surface area contributed by atoms with Gasteiger partial charge >= 0.3 is 0 Å². The molecule has 0 aromatic heterocycles. The monoisotopic (exact) mass is 294 g/mol. The van der Waals surface area contributed by atoms with Crippen molar-refractivity contribution in [2.45, 2.75) is 38.6 Å². The number of carbonyl (C=O) groups is 1. The molecule has 1 fully saturated rings. The molecule has 7 nitrogen and oxygen atoms in total. The van der Waals surface area contributed by atoms with Crippen molar-refractivity contribution >= 4 is 12.1 Å². The number of amides is 1. The van der Waals surface area contributed by atoms with Crippen molar-refractivity contribution in [3.8, 4) is 0 Å². The summed E-state index contributed by atoms with van der Waals surface area (Å²) < 4.78 is 0. The molecule has 118 valence electrons. The lowest BCUT2D eigenvalue weighted by molar-refractivity contribution is -0.124. The van der Waals surface area contributed by atoms with Crippen LogP contribution in [0.3, 0.4) is 0 Å². The smallest absolute Gasteiger partial charge is 0.222 e. The van der Waals surface area contributed by atoms with Gasteiger partial charge in [-0.1, -0.05) is 13.5 Å². The van der Waals surface area contributed by atoms with Crippen LogP contribution in [0.15, 0.2) is 29.7 Å². The summed E-state index contributed by atoms with van der Waals surface area (Å²) in [6.07, 6.45) is 8.49. The van der Waals surface area contributed by atoms with Crippen molar-refractivity contribution in [2.24, 2.45) is 10.8 Å². The fraction of sp³-hybridized carbons (Fsp3) is 0.571. The number of nitrogens with one attached hydrogen (secondary N) is 3. The summed E-state index contributed by atoms with van der Waals surface area (Å²) in [6.45, 7) is 7.24. The molecule has 1 amide bonds. The molecule has 1 saturated heterocycles. The summed E-state index contributed by atoms with van der Waals surface area (Å²) >= 11 is 0. The van der Waals surface area contributed by atoms with Crippen molar-refractivity contribution < 1.29 is 4.79 Å². The Morgan fingerprint density at radius 1 is 1.67 bits per heavy atom. The van der Waals surface area contributed by atoms with Crippen molar-refractivity contribution in [1.29, 1.82) is 0 Å². The lowest BCUT2D eigenvalue weighted by Crippen LogP contribution is -2.49. The van der Waals surface area contributed by atoms with Gasteiger partial charge in [0.2, 0.25) is 5.91 Å². The van der Waals surface area contributed by atoms with E-state index in [0.29, 0.717) is 18.8 Å². The first-order chi connectivity index (χ1) is 10.2. The normalized spacial score (nSPS) is 19.4. The fourth-order valence-corrected chi connectivity index (χ4v) is 2.09. The number of hydrogen-bond acceptors (Lipinski definition) is 6. The Morgan fingerprint density at radius 3 is 3.10 bits per heavy atom. The first-order valence-corrected chi connectivity index (χ1v) is 7.31. The summed E-state index contributed by atoms with van der Waals surface area (Å²) in [5, 5.41) is 4.74. The summed E-state index contributed by atoms with van der Waals surface area (Å²) in [6, 6.07) is 0.158. The molecular formula is C14H26N6O. The van der Waals surface area contributed by atoms with E-state index < -0.39 is 0 Å². The maximum absolute atomic E-state index is 11.4. The first kappa shape index (κ1) is 17.2. The zero-order valence-electron chi connectivity index (χ0n) is 12.6.